The topological polar surface area (TPSA) is 60.2 Å². The molecule has 1 saturated heterocycles. The summed E-state index contributed by atoms with van der Waals surface area (Å²) in [6.07, 6.45) is 3.73. The van der Waals surface area contributed by atoms with Crippen LogP contribution in [0, 0.1) is 0 Å². The largest absolute Gasteiger partial charge is 0.496 e. The number of thioether (sulfide) groups is 1. The van der Waals surface area contributed by atoms with Gasteiger partial charge in [0, 0.05) is 5.69 Å². The van der Waals surface area contributed by atoms with Crippen LogP contribution >= 0.6 is 11.8 Å². The number of benzene rings is 2. The van der Waals surface area contributed by atoms with E-state index in [2.05, 4.69) is 38.7 Å². The van der Waals surface area contributed by atoms with Gasteiger partial charge in [-0.25, -0.2) is 0 Å². The minimum Gasteiger partial charge on any atom is -0.496 e. The number of hydrogen-bond acceptors (Lipinski definition) is 6. The van der Waals surface area contributed by atoms with Crippen molar-refractivity contribution >= 4 is 17.5 Å². The quantitative estimate of drug-likeness (QED) is 0.373. The number of carbonyl (C=O) groups excluding carboxylic acids is 1. The molecule has 162 valence electrons. The van der Waals surface area contributed by atoms with Gasteiger partial charge in [0.15, 0.2) is 16.8 Å². The van der Waals surface area contributed by atoms with Crippen LogP contribution < -0.4 is 4.74 Å². The molecular weight excluding hydrogens is 408 g/mol. The van der Waals surface area contributed by atoms with E-state index in [4.69, 9.17) is 4.74 Å². The van der Waals surface area contributed by atoms with Crippen molar-refractivity contribution in [1.82, 2.24) is 19.7 Å². The smallest absolute Gasteiger partial charge is 0.196 e. The first-order chi connectivity index (χ1) is 15.2. The minimum absolute atomic E-state index is 0.00990. The zero-order valence-corrected chi connectivity index (χ0v) is 18.8. The molecule has 0 bridgehead atoms. The predicted octanol–water partition coefficient (Wildman–Crippen LogP) is 4.80. The van der Waals surface area contributed by atoms with E-state index in [0.29, 0.717) is 11.3 Å². The van der Waals surface area contributed by atoms with Crippen molar-refractivity contribution < 1.29 is 9.53 Å². The molecule has 0 amide bonds. The van der Waals surface area contributed by atoms with E-state index in [-0.39, 0.29) is 17.6 Å². The van der Waals surface area contributed by atoms with Gasteiger partial charge in [0.2, 0.25) is 0 Å². The number of para-hydroxylation sites is 2. The van der Waals surface area contributed by atoms with Gasteiger partial charge in [-0.15, -0.1) is 10.2 Å². The number of likely N-dealkylation sites (tertiary alicyclic amines) is 1. The maximum absolute atomic E-state index is 12.9. The van der Waals surface area contributed by atoms with Crippen LogP contribution in [0.5, 0.6) is 5.75 Å². The lowest BCUT2D eigenvalue weighted by molar-refractivity contribution is 0.101. The van der Waals surface area contributed by atoms with Crippen LogP contribution in [0.3, 0.4) is 0 Å². The van der Waals surface area contributed by atoms with Crippen LogP contribution in [0.4, 0.5) is 0 Å². The minimum atomic E-state index is 0.00990. The van der Waals surface area contributed by atoms with Gasteiger partial charge in [-0.2, -0.15) is 0 Å². The third-order valence-corrected chi connectivity index (χ3v) is 6.65. The van der Waals surface area contributed by atoms with Crippen LogP contribution in [-0.2, 0) is 0 Å². The highest BCUT2D eigenvalue weighted by Crippen LogP contribution is 2.30. The monoisotopic (exact) mass is 436 g/mol. The number of carbonyl (C=O) groups is 1. The summed E-state index contributed by atoms with van der Waals surface area (Å²) in [6, 6.07) is 17.6. The molecule has 1 fully saturated rings. The summed E-state index contributed by atoms with van der Waals surface area (Å²) in [5, 5.41) is 9.78. The molecule has 0 radical (unpaired) electrons. The van der Waals surface area contributed by atoms with Gasteiger partial charge >= 0.3 is 0 Å². The van der Waals surface area contributed by atoms with Crippen LogP contribution in [0.2, 0.25) is 0 Å². The fraction of sp³-hybridized carbons (Fsp3) is 0.375. The Morgan fingerprint density at radius 1 is 1.03 bits per heavy atom. The van der Waals surface area contributed by atoms with Crippen molar-refractivity contribution in [1.29, 1.82) is 0 Å². The Kier molecular flexibility index (Phi) is 7.04. The zero-order valence-electron chi connectivity index (χ0n) is 18.0. The number of methoxy groups -OCH3 is 1. The second-order valence-electron chi connectivity index (χ2n) is 7.70. The summed E-state index contributed by atoms with van der Waals surface area (Å²) in [7, 11) is 1.58. The Bertz CT molecular complexity index is 1020. The van der Waals surface area contributed by atoms with Gasteiger partial charge in [-0.1, -0.05) is 48.5 Å². The molecule has 0 saturated carbocycles. The first-order valence-corrected chi connectivity index (χ1v) is 11.7. The molecule has 0 aliphatic carbocycles. The zero-order chi connectivity index (χ0) is 21.6. The fourth-order valence-corrected chi connectivity index (χ4v) is 4.86. The lowest BCUT2D eigenvalue weighted by Gasteiger charge is -2.31. The van der Waals surface area contributed by atoms with E-state index in [1.165, 1.54) is 31.0 Å². The number of aromatic nitrogens is 3. The molecule has 31 heavy (non-hydrogen) atoms. The summed E-state index contributed by atoms with van der Waals surface area (Å²) in [4.78, 5) is 15.3. The van der Waals surface area contributed by atoms with Crippen LogP contribution in [0.1, 0.15) is 48.4 Å². The fourth-order valence-electron chi connectivity index (χ4n) is 4.02. The maximum Gasteiger partial charge on any atom is 0.196 e. The van der Waals surface area contributed by atoms with Gasteiger partial charge in [-0.3, -0.25) is 14.3 Å². The summed E-state index contributed by atoms with van der Waals surface area (Å²) >= 11 is 1.41. The van der Waals surface area contributed by atoms with E-state index in [0.717, 1.165) is 29.8 Å². The summed E-state index contributed by atoms with van der Waals surface area (Å²) in [5.74, 6) is 1.79. The molecule has 1 atom stereocenters. The highest BCUT2D eigenvalue weighted by Gasteiger charge is 2.26. The first-order valence-electron chi connectivity index (χ1n) is 10.7. The first kappa shape index (κ1) is 21.6. The van der Waals surface area contributed by atoms with Crippen molar-refractivity contribution in [2.24, 2.45) is 0 Å². The Morgan fingerprint density at radius 2 is 1.74 bits per heavy atom. The number of piperidine rings is 1. The van der Waals surface area contributed by atoms with Crippen LogP contribution in [-0.4, -0.2) is 51.4 Å². The number of hydrogen-bond donors (Lipinski definition) is 0. The van der Waals surface area contributed by atoms with Crippen molar-refractivity contribution in [3.05, 3.63) is 66.0 Å². The second kappa shape index (κ2) is 10.1. The number of Topliss-reactive ketones (excluding diaryl/α,β-unsaturated/α-hetero) is 1. The summed E-state index contributed by atoms with van der Waals surface area (Å²) in [6.45, 7) is 4.36. The second-order valence-corrected chi connectivity index (χ2v) is 8.64. The standard InChI is InChI=1S/C24H28N4O2S/c1-18(27-15-9-4-10-16-27)23-25-26-24(28(23)19-11-5-3-6-12-19)31-17-21(29)20-13-7-8-14-22(20)30-2/h3,5-8,11-14,18H,4,9-10,15-17H2,1-2H3. The molecule has 2 heterocycles. The molecule has 1 unspecified atom stereocenters. The van der Waals surface area contributed by atoms with Crippen molar-refractivity contribution in [2.75, 3.05) is 26.0 Å². The molecule has 1 aromatic heterocycles. The summed E-state index contributed by atoms with van der Waals surface area (Å²) < 4.78 is 7.44. The van der Waals surface area contributed by atoms with Crippen molar-refractivity contribution in [3.63, 3.8) is 0 Å². The average Bonchev–Trinajstić information content (AvgIpc) is 3.27. The number of ether oxygens (including phenoxy) is 1. The van der Waals surface area contributed by atoms with Gasteiger partial charge < -0.3 is 4.74 Å². The molecular formula is C24H28N4O2S. The Morgan fingerprint density at radius 3 is 2.48 bits per heavy atom. The van der Waals surface area contributed by atoms with E-state index in [9.17, 15) is 4.79 Å². The van der Waals surface area contributed by atoms with E-state index in [1.54, 1.807) is 13.2 Å². The van der Waals surface area contributed by atoms with E-state index >= 15 is 0 Å². The van der Waals surface area contributed by atoms with Gasteiger partial charge in [-0.05, 0) is 57.1 Å². The van der Waals surface area contributed by atoms with Gasteiger partial charge in [0.1, 0.15) is 5.75 Å². The number of ketones is 1. The highest BCUT2D eigenvalue weighted by molar-refractivity contribution is 7.99. The lowest BCUT2D eigenvalue weighted by atomic mass is 10.1. The molecule has 1 aliphatic rings. The normalized spacial score (nSPS) is 15.5. The third kappa shape index (κ3) is 4.83. The Labute approximate surface area is 187 Å². The van der Waals surface area contributed by atoms with Gasteiger partial charge in [0.25, 0.3) is 0 Å². The van der Waals surface area contributed by atoms with Crippen LogP contribution in [0.15, 0.2) is 59.8 Å². The molecule has 6 nitrogen and oxygen atoms in total. The average molecular weight is 437 g/mol. The Balaban J connectivity index is 1.60. The molecule has 3 aromatic rings. The molecule has 2 aromatic carbocycles. The van der Waals surface area contributed by atoms with Crippen molar-refractivity contribution in [2.45, 2.75) is 37.4 Å². The van der Waals surface area contributed by atoms with E-state index < -0.39 is 0 Å². The number of nitrogens with zero attached hydrogens (tertiary/aromatic N) is 4. The van der Waals surface area contributed by atoms with E-state index in [1.807, 2.05) is 36.4 Å². The van der Waals surface area contributed by atoms with Crippen molar-refractivity contribution in [3.8, 4) is 11.4 Å². The Hall–Kier alpha value is -2.64. The molecule has 4 rings (SSSR count). The number of rotatable bonds is 8. The highest BCUT2D eigenvalue weighted by atomic mass is 32.2. The predicted molar refractivity (Wildman–Crippen MR) is 123 cm³/mol. The molecule has 7 heteroatoms. The van der Waals surface area contributed by atoms with Crippen LogP contribution in [0.25, 0.3) is 5.69 Å². The molecule has 1 aliphatic heterocycles. The third-order valence-electron chi connectivity index (χ3n) is 5.72. The molecule has 0 spiro atoms. The lowest BCUT2D eigenvalue weighted by Crippen LogP contribution is -2.33. The van der Waals surface area contributed by atoms with Gasteiger partial charge in [0.05, 0.1) is 24.5 Å². The summed E-state index contributed by atoms with van der Waals surface area (Å²) in [5.41, 5.74) is 1.60. The molecule has 0 N–H and O–H groups in total. The SMILES string of the molecule is COc1ccccc1C(=O)CSc1nnc(C(C)N2CCCCC2)n1-c1ccccc1. The maximum atomic E-state index is 12.9.